The van der Waals surface area contributed by atoms with Crippen molar-refractivity contribution in [1.82, 2.24) is 0 Å². The fourth-order valence-corrected chi connectivity index (χ4v) is 1.75. The first-order chi connectivity index (χ1) is 10.1. The first-order valence-corrected chi connectivity index (χ1v) is 6.31. The van der Waals surface area contributed by atoms with Crippen molar-refractivity contribution in [3.63, 3.8) is 0 Å². The van der Waals surface area contributed by atoms with E-state index in [1.54, 1.807) is 36.4 Å². The van der Waals surface area contributed by atoms with Gasteiger partial charge in [-0.1, -0.05) is 60.7 Å². The maximum Gasteiger partial charge on any atom is 0.347 e. The van der Waals surface area contributed by atoms with E-state index in [1.165, 1.54) is 24.3 Å². The Morgan fingerprint density at radius 1 is 0.714 bits per heavy atom. The van der Waals surface area contributed by atoms with Crippen molar-refractivity contribution in [3.05, 3.63) is 71.8 Å². The van der Waals surface area contributed by atoms with Crippen LogP contribution >= 0.6 is 0 Å². The molecule has 2 rings (SSSR count). The number of benzene rings is 2. The molecule has 2 unspecified atom stereocenters. The molecule has 0 aliphatic heterocycles. The Bertz CT molecular complexity index is 554. The number of carbonyl (C=O) groups is 2. The highest BCUT2D eigenvalue weighted by Crippen LogP contribution is 2.17. The summed E-state index contributed by atoms with van der Waals surface area (Å²) in [5.41, 5.74) is 0.619. The number of hydrogen-bond donors (Lipinski definition) is 2. The van der Waals surface area contributed by atoms with Crippen LogP contribution in [0.5, 0.6) is 0 Å². The highest BCUT2D eigenvalue weighted by molar-refractivity contribution is 5.90. The molecule has 0 saturated carbocycles. The second kappa shape index (κ2) is 6.78. The summed E-state index contributed by atoms with van der Waals surface area (Å²) in [6.45, 7) is 0. The molecule has 0 aliphatic carbocycles. The maximum atomic E-state index is 11.7. The molecule has 0 heterocycles. The largest absolute Gasteiger partial charge is 0.389 e. The summed E-state index contributed by atoms with van der Waals surface area (Å²) in [7, 11) is 0. The van der Waals surface area contributed by atoms with Crippen molar-refractivity contribution in [2.75, 3.05) is 0 Å². The Hall–Kier alpha value is -2.50. The summed E-state index contributed by atoms with van der Waals surface area (Å²) in [6, 6.07) is 16.2. The summed E-state index contributed by atoms with van der Waals surface area (Å²) in [4.78, 5) is 23.4. The van der Waals surface area contributed by atoms with E-state index in [4.69, 9.17) is 0 Å². The topological polar surface area (TPSA) is 83.8 Å². The van der Waals surface area contributed by atoms with Crippen molar-refractivity contribution in [2.24, 2.45) is 0 Å². The van der Waals surface area contributed by atoms with Gasteiger partial charge in [-0.05, 0) is 11.1 Å². The molecule has 0 fully saturated rings. The van der Waals surface area contributed by atoms with Gasteiger partial charge in [-0.3, -0.25) is 0 Å². The first-order valence-electron chi connectivity index (χ1n) is 6.31. The van der Waals surface area contributed by atoms with Crippen LogP contribution in [0.25, 0.3) is 0 Å². The zero-order valence-electron chi connectivity index (χ0n) is 11.0. The van der Waals surface area contributed by atoms with Crippen LogP contribution in [0.4, 0.5) is 0 Å². The minimum Gasteiger partial charge on any atom is -0.389 e. The van der Waals surface area contributed by atoms with E-state index in [0.717, 1.165) is 0 Å². The molecule has 0 aromatic heterocycles. The number of ether oxygens (including phenoxy) is 1. The van der Waals surface area contributed by atoms with E-state index in [-0.39, 0.29) is 0 Å². The smallest absolute Gasteiger partial charge is 0.347 e. The average Bonchev–Trinajstić information content (AvgIpc) is 2.55. The van der Waals surface area contributed by atoms with Crippen LogP contribution in [-0.2, 0) is 14.3 Å². The van der Waals surface area contributed by atoms with Gasteiger partial charge in [-0.2, -0.15) is 0 Å². The minimum absolute atomic E-state index is 0.310. The predicted molar refractivity (Wildman–Crippen MR) is 73.9 cm³/mol. The van der Waals surface area contributed by atoms with Crippen LogP contribution < -0.4 is 0 Å². The molecule has 0 radical (unpaired) electrons. The van der Waals surface area contributed by atoms with Gasteiger partial charge in [0, 0.05) is 0 Å². The lowest BCUT2D eigenvalue weighted by molar-refractivity contribution is -0.171. The highest BCUT2D eigenvalue weighted by atomic mass is 16.6. The van der Waals surface area contributed by atoms with Gasteiger partial charge in [0.25, 0.3) is 0 Å². The molecule has 2 aromatic carbocycles. The van der Waals surface area contributed by atoms with Gasteiger partial charge in [0.05, 0.1) is 0 Å². The molecule has 0 aliphatic rings. The lowest BCUT2D eigenvalue weighted by Crippen LogP contribution is -2.23. The average molecular weight is 286 g/mol. The second-order valence-corrected chi connectivity index (χ2v) is 4.37. The fourth-order valence-electron chi connectivity index (χ4n) is 1.75. The molecule has 21 heavy (non-hydrogen) atoms. The Balaban J connectivity index is 2.01. The third kappa shape index (κ3) is 3.75. The zero-order valence-corrected chi connectivity index (χ0v) is 11.0. The number of aliphatic hydroxyl groups excluding tert-OH is 2. The van der Waals surface area contributed by atoms with Gasteiger partial charge in [0.15, 0.2) is 12.2 Å². The Labute approximate surface area is 121 Å². The number of hydrogen-bond acceptors (Lipinski definition) is 5. The van der Waals surface area contributed by atoms with Crippen molar-refractivity contribution in [1.29, 1.82) is 0 Å². The van der Waals surface area contributed by atoms with Gasteiger partial charge >= 0.3 is 11.9 Å². The summed E-state index contributed by atoms with van der Waals surface area (Å²) in [5, 5.41) is 19.6. The Morgan fingerprint density at radius 3 is 1.38 bits per heavy atom. The molecule has 108 valence electrons. The van der Waals surface area contributed by atoms with Crippen molar-refractivity contribution in [2.45, 2.75) is 12.2 Å². The van der Waals surface area contributed by atoms with Crippen LogP contribution in [-0.4, -0.2) is 22.2 Å². The van der Waals surface area contributed by atoms with Gasteiger partial charge in [-0.15, -0.1) is 0 Å². The first kappa shape index (κ1) is 14.9. The molecule has 2 aromatic rings. The van der Waals surface area contributed by atoms with Crippen molar-refractivity contribution >= 4 is 11.9 Å². The minimum atomic E-state index is -1.57. The zero-order chi connectivity index (χ0) is 15.2. The van der Waals surface area contributed by atoms with E-state index in [1.807, 2.05) is 0 Å². The second-order valence-electron chi connectivity index (χ2n) is 4.37. The van der Waals surface area contributed by atoms with Crippen LogP contribution in [0, 0.1) is 0 Å². The van der Waals surface area contributed by atoms with E-state index in [9.17, 15) is 19.8 Å². The summed E-state index contributed by atoms with van der Waals surface area (Å²) in [5.74, 6) is -2.25. The van der Waals surface area contributed by atoms with E-state index < -0.39 is 24.1 Å². The SMILES string of the molecule is O=C(OC(=O)C(O)c1ccccc1)C(O)c1ccccc1. The number of esters is 2. The summed E-state index contributed by atoms with van der Waals surface area (Å²) < 4.78 is 4.50. The van der Waals surface area contributed by atoms with Gasteiger partial charge in [0.1, 0.15) is 0 Å². The van der Waals surface area contributed by atoms with Gasteiger partial charge < -0.3 is 14.9 Å². The molecular formula is C16H14O5. The molecule has 0 spiro atoms. The monoisotopic (exact) mass is 286 g/mol. The van der Waals surface area contributed by atoms with Crippen LogP contribution in [0.2, 0.25) is 0 Å². The Kier molecular flexibility index (Phi) is 4.81. The molecule has 0 bridgehead atoms. The lowest BCUT2D eigenvalue weighted by atomic mass is 10.1. The van der Waals surface area contributed by atoms with Crippen LogP contribution in [0.1, 0.15) is 23.3 Å². The van der Waals surface area contributed by atoms with E-state index >= 15 is 0 Å². The molecule has 0 saturated heterocycles. The van der Waals surface area contributed by atoms with E-state index in [0.29, 0.717) is 11.1 Å². The normalized spacial score (nSPS) is 13.2. The van der Waals surface area contributed by atoms with Crippen molar-refractivity contribution in [3.8, 4) is 0 Å². The number of rotatable bonds is 4. The third-order valence-corrected chi connectivity index (χ3v) is 2.88. The highest BCUT2D eigenvalue weighted by Gasteiger charge is 2.26. The lowest BCUT2D eigenvalue weighted by Gasteiger charge is -2.12. The third-order valence-electron chi connectivity index (χ3n) is 2.88. The number of aliphatic hydroxyl groups is 2. The van der Waals surface area contributed by atoms with Crippen LogP contribution in [0.3, 0.4) is 0 Å². The van der Waals surface area contributed by atoms with Gasteiger partial charge in [0.2, 0.25) is 0 Å². The quantitative estimate of drug-likeness (QED) is 0.657. The van der Waals surface area contributed by atoms with Gasteiger partial charge in [-0.25, -0.2) is 9.59 Å². The standard InChI is InChI=1S/C16H14O5/c17-13(11-7-3-1-4-8-11)15(19)21-16(20)14(18)12-9-5-2-6-10-12/h1-10,13-14,17-18H. The predicted octanol–water partition coefficient (Wildman–Crippen LogP) is 1.52. The molecule has 5 nitrogen and oxygen atoms in total. The summed E-state index contributed by atoms with van der Waals surface area (Å²) >= 11 is 0. The maximum absolute atomic E-state index is 11.7. The molecule has 2 N–H and O–H groups in total. The Morgan fingerprint density at radius 2 is 1.05 bits per heavy atom. The molecular weight excluding hydrogens is 272 g/mol. The molecule has 0 amide bonds. The summed E-state index contributed by atoms with van der Waals surface area (Å²) in [6.07, 6.45) is -3.14. The van der Waals surface area contributed by atoms with Crippen LogP contribution in [0.15, 0.2) is 60.7 Å². The number of carbonyl (C=O) groups excluding carboxylic acids is 2. The van der Waals surface area contributed by atoms with E-state index in [2.05, 4.69) is 4.74 Å². The molecule has 5 heteroatoms. The molecule has 2 atom stereocenters. The van der Waals surface area contributed by atoms with Crippen molar-refractivity contribution < 1.29 is 24.5 Å². The fraction of sp³-hybridized carbons (Fsp3) is 0.125.